The first-order valence-corrected chi connectivity index (χ1v) is 6.76. The summed E-state index contributed by atoms with van der Waals surface area (Å²) in [6.07, 6.45) is 2.25. The van der Waals surface area contributed by atoms with Crippen LogP contribution in [0.15, 0.2) is 18.2 Å². The first-order valence-electron chi connectivity index (χ1n) is 6.76. The van der Waals surface area contributed by atoms with Crippen molar-refractivity contribution in [1.29, 1.82) is 5.26 Å². The van der Waals surface area contributed by atoms with Crippen LogP contribution in [0.4, 0.5) is 4.39 Å². The van der Waals surface area contributed by atoms with Crippen LogP contribution in [0, 0.1) is 23.1 Å². The SMILES string of the molecule is CC1CCN(Cc2ccc(F)cc2C#N)C(CN)C1. The van der Waals surface area contributed by atoms with Crippen molar-refractivity contribution >= 4 is 0 Å². The number of hydrogen-bond acceptors (Lipinski definition) is 3. The molecule has 1 heterocycles. The highest BCUT2D eigenvalue weighted by Crippen LogP contribution is 2.24. The quantitative estimate of drug-likeness (QED) is 0.908. The summed E-state index contributed by atoms with van der Waals surface area (Å²) in [6, 6.07) is 6.86. The van der Waals surface area contributed by atoms with E-state index in [0.717, 1.165) is 24.9 Å². The standard InChI is InChI=1S/C15H20FN3/c1-11-4-5-19(15(6-11)9-18)10-12-2-3-14(16)7-13(12)8-17/h2-3,7,11,15H,4-6,9-10,18H2,1H3. The van der Waals surface area contributed by atoms with E-state index < -0.39 is 0 Å². The Kier molecular flexibility index (Phi) is 4.52. The Labute approximate surface area is 113 Å². The maximum Gasteiger partial charge on any atom is 0.124 e. The topological polar surface area (TPSA) is 53.0 Å². The molecule has 2 unspecified atom stereocenters. The van der Waals surface area contributed by atoms with Gasteiger partial charge in [0, 0.05) is 19.1 Å². The molecule has 1 aromatic carbocycles. The summed E-state index contributed by atoms with van der Waals surface area (Å²) >= 11 is 0. The van der Waals surface area contributed by atoms with Crippen molar-refractivity contribution in [2.75, 3.05) is 13.1 Å². The van der Waals surface area contributed by atoms with E-state index in [2.05, 4.69) is 17.9 Å². The van der Waals surface area contributed by atoms with Crippen LogP contribution in [0.5, 0.6) is 0 Å². The number of piperidine rings is 1. The Morgan fingerprint density at radius 2 is 2.32 bits per heavy atom. The second kappa shape index (κ2) is 6.14. The number of nitrogens with zero attached hydrogens (tertiary/aromatic N) is 2. The Morgan fingerprint density at radius 3 is 3.00 bits per heavy atom. The van der Waals surface area contributed by atoms with Gasteiger partial charge in [-0.25, -0.2) is 4.39 Å². The maximum atomic E-state index is 13.1. The third kappa shape index (κ3) is 3.31. The van der Waals surface area contributed by atoms with Crippen LogP contribution in [0.3, 0.4) is 0 Å². The van der Waals surface area contributed by atoms with E-state index in [1.807, 2.05) is 0 Å². The smallest absolute Gasteiger partial charge is 0.124 e. The third-order valence-electron chi connectivity index (χ3n) is 3.94. The fourth-order valence-corrected chi connectivity index (χ4v) is 2.76. The molecule has 1 aliphatic rings. The average molecular weight is 261 g/mol. The lowest BCUT2D eigenvalue weighted by Gasteiger charge is -2.38. The summed E-state index contributed by atoms with van der Waals surface area (Å²) < 4.78 is 13.1. The molecule has 0 aliphatic carbocycles. The lowest BCUT2D eigenvalue weighted by molar-refractivity contribution is 0.115. The number of nitrogens with two attached hydrogens (primary N) is 1. The molecule has 0 radical (unpaired) electrons. The zero-order valence-electron chi connectivity index (χ0n) is 11.3. The minimum atomic E-state index is -0.358. The summed E-state index contributed by atoms with van der Waals surface area (Å²) in [5.74, 6) is 0.344. The van der Waals surface area contributed by atoms with E-state index in [1.165, 1.54) is 12.1 Å². The molecule has 0 spiro atoms. The van der Waals surface area contributed by atoms with E-state index in [4.69, 9.17) is 11.0 Å². The number of halogens is 1. The molecule has 4 heteroatoms. The van der Waals surface area contributed by atoms with Crippen molar-refractivity contribution in [3.05, 3.63) is 35.1 Å². The highest BCUT2D eigenvalue weighted by atomic mass is 19.1. The van der Waals surface area contributed by atoms with Gasteiger partial charge in [0.1, 0.15) is 5.82 Å². The Balaban J connectivity index is 2.14. The summed E-state index contributed by atoms with van der Waals surface area (Å²) in [4.78, 5) is 2.31. The van der Waals surface area contributed by atoms with Gasteiger partial charge in [-0.05, 0) is 43.0 Å². The van der Waals surface area contributed by atoms with Crippen molar-refractivity contribution in [3.8, 4) is 6.07 Å². The van der Waals surface area contributed by atoms with E-state index in [1.54, 1.807) is 6.07 Å². The van der Waals surface area contributed by atoms with Gasteiger partial charge in [0.25, 0.3) is 0 Å². The van der Waals surface area contributed by atoms with E-state index in [9.17, 15) is 4.39 Å². The molecule has 1 fully saturated rings. The first kappa shape index (κ1) is 14.0. The number of rotatable bonds is 3. The largest absolute Gasteiger partial charge is 0.329 e. The molecule has 2 rings (SSSR count). The van der Waals surface area contributed by atoms with Crippen molar-refractivity contribution in [2.24, 2.45) is 11.7 Å². The molecular weight excluding hydrogens is 241 g/mol. The van der Waals surface area contributed by atoms with Gasteiger partial charge >= 0.3 is 0 Å². The normalized spacial score (nSPS) is 24.1. The molecule has 2 atom stereocenters. The molecule has 2 N–H and O–H groups in total. The zero-order chi connectivity index (χ0) is 13.8. The zero-order valence-corrected chi connectivity index (χ0v) is 11.3. The van der Waals surface area contributed by atoms with E-state index in [0.29, 0.717) is 30.6 Å². The fraction of sp³-hybridized carbons (Fsp3) is 0.533. The highest BCUT2D eigenvalue weighted by molar-refractivity contribution is 5.37. The Bertz CT molecular complexity index is 481. The fourth-order valence-electron chi connectivity index (χ4n) is 2.76. The van der Waals surface area contributed by atoms with Gasteiger partial charge in [0.05, 0.1) is 11.6 Å². The number of benzene rings is 1. The molecule has 0 amide bonds. The van der Waals surface area contributed by atoms with Crippen LogP contribution in [0.2, 0.25) is 0 Å². The number of hydrogen-bond donors (Lipinski definition) is 1. The molecule has 0 aromatic heterocycles. The van der Waals surface area contributed by atoms with Gasteiger partial charge in [-0.1, -0.05) is 13.0 Å². The van der Waals surface area contributed by atoms with Crippen LogP contribution in [-0.4, -0.2) is 24.0 Å². The van der Waals surface area contributed by atoms with Crippen LogP contribution in [-0.2, 0) is 6.54 Å². The third-order valence-corrected chi connectivity index (χ3v) is 3.94. The second-order valence-electron chi connectivity index (χ2n) is 5.40. The number of nitriles is 1. The lowest BCUT2D eigenvalue weighted by Crippen LogP contribution is -2.45. The predicted molar refractivity (Wildman–Crippen MR) is 72.8 cm³/mol. The first-order chi connectivity index (χ1) is 9.13. The minimum Gasteiger partial charge on any atom is -0.329 e. The second-order valence-corrected chi connectivity index (χ2v) is 5.40. The lowest BCUT2D eigenvalue weighted by atomic mass is 9.91. The molecule has 1 aromatic rings. The van der Waals surface area contributed by atoms with Crippen molar-refractivity contribution in [1.82, 2.24) is 4.90 Å². The molecule has 1 aliphatic heterocycles. The van der Waals surface area contributed by atoms with Gasteiger partial charge < -0.3 is 5.73 Å². The molecular formula is C15H20FN3. The highest BCUT2D eigenvalue weighted by Gasteiger charge is 2.25. The van der Waals surface area contributed by atoms with Crippen molar-refractivity contribution in [2.45, 2.75) is 32.4 Å². The number of likely N-dealkylation sites (tertiary alicyclic amines) is 1. The van der Waals surface area contributed by atoms with Gasteiger partial charge in [0.2, 0.25) is 0 Å². The van der Waals surface area contributed by atoms with E-state index in [-0.39, 0.29) is 5.82 Å². The molecule has 1 saturated heterocycles. The molecule has 19 heavy (non-hydrogen) atoms. The van der Waals surface area contributed by atoms with E-state index >= 15 is 0 Å². The molecule has 102 valence electrons. The summed E-state index contributed by atoms with van der Waals surface area (Å²) in [6.45, 7) is 4.55. The van der Waals surface area contributed by atoms with Crippen LogP contribution < -0.4 is 5.73 Å². The van der Waals surface area contributed by atoms with Gasteiger partial charge in [-0.2, -0.15) is 5.26 Å². The molecule has 0 saturated carbocycles. The molecule has 3 nitrogen and oxygen atoms in total. The monoisotopic (exact) mass is 261 g/mol. The average Bonchev–Trinajstić information content (AvgIpc) is 2.42. The Hall–Kier alpha value is -1.44. The van der Waals surface area contributed by atoms with Crippen LogP contribution in [0.1, 0.15) is 30.9 Å². The molecule has 0 bridgehead atoms. The maximum absolute atomic E-state index is 13.1. The summed E-state index contributed by atoms with van der Waals surface area (Å²) in [5, 5.41) is 9.08. The van der Waals surface area contributed by atoms with Crippen LogP contribution >= 0.6 is 0 Å². The van der Waals surface area contributed by atoms with Gasteiger partial charge in [0.15, 0.2) is 0 Å². The summed E-state index contributed by atoms with van der Waals surface area (Å²) in [5.41, 5.74) is 7.15. The summed E-state index contributed by atoms with van der Waals surface area (Å²) in [7, 11) is 0. The van der Waals surface area contributed by atoms with Crippen molar-refractivity contribution in [3.63, 3.8) is 0 Å². The predicted octanol–water partition coefficient (Wildman–Crippen LogP) is 2.26. The van der Waals surface area contributed by atoms with Crippen LogP contribution in [0.25, 0.3) is 0 Å². The van der Waals surface area contributed by atoms with Gasteiger partial charge in [-0.15, -0.1) is 0 Å². The van der Waals surface area contributed by atoms with Gasteiger partial charge in [-0.3, -0.25) is 4.90 Å². The van der Waals surface area contributed by atoms with Crippen molar-refractivity contribution < 1.29 is 4.39 Å². The Morgan fingerprint density at radius 1 is 1.53 bits per heavy atom. The minimum absolute atomic E-state index is 0.358.